The fourth-order valence-electron chi connectivity index (χ4n) is 2.50. The molecule has 5 nitrogen and oxygen atoms in total. The van der Waals surface area contributed by atoms with Gasteiger partial charge in [-0.3, -0.25) is 0 Å². The Bertz CT molecular complexity index is 634. The van der Waals surface area contributed by atoms with Gasteiger partial charge >= 0.3 is 0 Å². The summed E-state index contributed by atoms with van der Waals surface area (Å²) in [6.07, 6.45) is -0.688. The molecule has 0 saturated carbocycles. The Hall–Kier alpha value is -2.24. The zero-order valence-electron chi connectivity index (χ0n) is 13.7. The van der Waals surface area contributed by atoms with E-state index in [9.17, 15) is 5.11 Å². The molecule has 0 aliphatic carbocycles. The van der Waals surface area contributed by atoms with Crippen molar-refractivity contribution in [2.75, 3.05) is 19.8 Å². The van der Waals surface area contributed by atoms with Gasteiger partial charge in [-0.25, -0.2) is 0 Å². The first-order valence-electron chi connectivity index (χ1n) is 8.20. The van der Waals surface area contributed by atoms with E-state index in [1.165, 1.54) is 0 Å². The third-order valence-electron chi connectivity index (χ3n) is 3.95. The molecular weight excluding hydrogens is 306 g/mol. The summed E-state index contributed by atoms with van der Waals surface area (Å²) in [6, 6.07) is 17.2. The molecule has 0 bridgehead atoms. The minimum absolute atomic E-state index is 0.0460. The zero-order chi connectivity index (χ0) is 16.8. The van der Waals surface area contributed by atoms with Crippen LogP contribution in [0.15, 0.2) is 54.6 Å². The Morgan fingerprint density at radius 3 is 2.62 bits per heavy atom. The summed E-state index contributed by atoms with van der Waals surface area (Å²) in [5.74, 6) is 2.29. The lowest BCUT2D eigenvalue weighted by Crippen LogP contribution is -2.48. The molecule has 128 valence electrons. The smallest absolute Gasteiger partial charge is 0.161 e. The maximum Gasteiger partial charge on any atom is 0.161 e. The minimum atomic E-state index is -0.593. The summed E-state index contributed by atoms with van der Waals surface area (Å²) < 4.78 is 17.2. The molecule has 0 aromatic heterocycles. The van der Waals surface area contributed by atoms with Crippen molar-refractivity contribution in [1.29, 1.82) is 0 Å². The third kappa shape index (κ3) is 4.40. The van der Waals surface area contributed by atoms with Gasteiger partial charge < -0.3 is 24.6 Å². The van der Waals surface area contributed by atoms with E-state index in [1.807, 2.05) is 61.5 Å². The van der Waals surface area contributed by atoms with E-state index >= 15 is 0 Å². The van der Waals surface area contributed by atoms with Gasteiger partial charge in [0.1, 0.15) is 31.2 Å². The molecular formula is C19H23NO4. The van der Waals surface area contributed by atoms with Crippen molar-refractivity contribution in [1.82, 2.24) is 5.32 Å². The van der Waals surface area contributed by atoms with Crippen LogP contribution < -0.4 is 19.5 Å². The van der Waals surface area contributed by atoms with Crippen LogP contribution in [0.1, 0.15) is 6.92 Å². The predicted molar refractivity (Wildman–Crippen MR) is 91.8 cm³/mol. The number of nitrogens with one attached hydrogen (secondary N) is 1. The molecule has 3 atom stereocenters. The minimum Gasteiger partial charge on any atom is -0.491 e. The van der Waals surface area contributed by atoms with Crippen molar-refractivity contribution >= 4 is 0 Å². The molecule has 0 radical (unpaired) electrons. The summed E-state index contributed by atoms with van der Waals surface area (Å²) in [7, 11) is 0. The maximum absolute atomic E-state index is 10.1. The van der Waals surface area contributed by atoms with Gasteiger partial charge in [0.25, 0.3) is 0 Å². The van der Waals surface area contributed by atoms with Crippen LogP contribution in [0.25, 0.3) is 0 Å². The molecule has 5 heteroatoms. The van der Waals surface area contributed by atoms with Crippen LogP contribution in [0.5, 0.6) is 17.2 Å². The van der Waals surface area contributed by atoms with Gasteiger partial charge in [-0.2, -0.15) is 0 Å². The second kappa shape index (κ2) is 8.04. The van der Waals surface area contributed by atoms with E-state index in [1.54, 1.807) is 0 Å². The fraction of sp³-hybridized carbons (Fsp3) is 0.368. The summed E-state index contributed by atoms with van der Waals surface area (Å²) in [4.78, 5) is 0. The molecule has 2 aromatic rings. The highest BCUT2D eigenvalue weighted by Gasteiger charge is 2.26. The lowest BCUT2D eigenvalue weighted by molar-refractivity contribution is 0.0557. The van der Waals surface area contributed by atoms with Gasteiger partial charge in [-0.05, 0) is 31.2 Å². The predicted octanol–water partition coefficient (Wildman–Crippen LogP) is 2.24. The largest absolute Gasteiger partial charge is 0.491 e. The van der Waals surface area contributed by atoms with Crippen molar-refractivity contribution in [3.05, 3.63) is 54.6 Å². The fourth-order valence-corrected chi connectivity index (χ4v) is 2.50. The number of hydrogen-bond donors (Lipinski definition) is 2. The average molecular weight is 329 g/mol. The van der Waals surface area contributed by atoms with Crippen LogP contribution in [-0.4, -0.2) is 43.1 Å². The molecule has 0 unspecified atom stereocenters. The third-order valence-corrected chi connectivity index (χ3v) is 3.95. The van der Waals surface area contributed by atoms with Gasteiger partial charge in [0.05, 0.1) is 0 Å². The zero-order valence-corrected chi connectivity index (χ0v) is 13.7. The van der Waals surface area contributed by atoms with Crippen LogP contribution in [0.4, 0.5) is 0 Å². The number of rotatable bonds is 7. The van der Waals surface area contributed by atoms with Crippen molar-refractivity contribution in [3.8, 4) is 17.2 Å². The molecule has 1 aliphatic heterocycles. The Kier molecular flexibility index (Phi) is 5.56. The molecule has 0 saturated heterocycles. The van der Waals surface area contributed by atoms with Gasteiger partial charge in [0.2, 0.25) is 0 Å². The lowest BCUT2D eigenvalue weighted by Gasteiger charge is -2.31. The Balaban J connectivity index is 1.41. The monoisotopic (exact) mass is 329 g/mol. The summed E-state index contributed by atoms with van der Waals surface area (Å²) in [5.41, 5.74) is 0. The number of ether oxygens (including phenoxy) is 3. The molecule has 2 N–H and O–H groups in total. The van der Waals surface area contributed by atoms with E-state index in [0.717, 1.165) is 17.2 Å². The Labute approximate surface area is 142 Å². The normalized spacial score (nSPS) is 18.7. The van der Waals surface area contributed by atoms with E-state index in [-0.39, 0.29) is 18.8 Å². The van der Waals surface area contributed by atoms with Crippen LogP contribution >= 0.6 is 0 Å². The highest BCUT2D eigenvalue weighted by atomic mass is 16.6. The summed E-state index contributed by atoms with van der Waals surface area (Å²) >= 11 is 0. The van der Waals surface area contributed by atoms with Gasteiger partial charge in [0, 0.05) is 12.6 Å². The quantitative estimate of drug-likeness (QED) is 0.816. The Morgan fingerprint density at radius 2 is 1.83 bits per heavy atom. The number of benzene rings is 2. The van der Waals surface area contributed by atoms with Crippen LogP contribution in [0, 0.1) is 0 Å². The number of para-hydroxylation sites is 3. The van der Waals surface area contributed by atoms with Gasteiger partial charge in [0.15, 0.2) is 11.5 Å². The topological polar surface area (TPSA) is 60.0 Å². The molecule has 24 heavy (non-hydrogen) atoms. The highest BCUT2D eigenvalue weighted by Crippen LogP contribution is 2.31. The number of fused-ring (bicyclic) bond motifs is 1. The lowest BCUT2D eigenvalue weighted by atomic mass is 10.1. The van der Waals surface area contributed by atoms with E-state index in [4.69, 9.17) is 14.2 Å². The number of aliphatic hydroxyl groups is 1. The molecule has 3 rings (SSSR count). The summed E-state index contributed by atoms with van der Waals surface area (Å²) in [5, 5.41) is 13.3. The van der Waals surface area contributed by atoms with Crippen molar-refractivity contribution in [3.63, 3.8) is 0 Å². The Morgan fingerprint density at radius 1 is 1.12 bits per heavy atom. The van der Waals surface area contributed by atoms with E-state index < -0.39 is 6.10 Å². The van der Waals surface area contributed by atoms with Crippen LogP contribution in [-0.2, 0) is 0 Å². The standard InChI is InChI=1S/C19H23NO4/c1-14(19-13-23-17-9-5-6-10-18(17)24-19)20-11-15(21)12-22-16-7-3-2-4-8-16/h2-10,14-15,19-21H,11-13H2,1H3/t14-,15-,19-/m0/s1. The number of aliphatic hydroxyl groups excluding tert-OH is 1. The SMILES string of the molecule is C[C@H](NC[C@H](O)COc1ccccc1)[C@@H]1COc2ccccc2O1. The first-order valence-corrected chi connectivity index (χ1v) is 8.20. The second-order valence-electron chi connectivity index (χ2n) is 5.89. The maximum atomic E-state index is 10.1. The molecule has 0 spiro atoms. The van der Waals surface area contributed by atoms with E-state index in [0.29, 0.717) is 13.2 Å². The van der Waals surface area contributed by atoms with Crippen molar-refractivity contribution in [2.24, 2.45) is 0 Å². The molecule has 0 fully saturated rings. The highest BCUT2D eigenvalue weighted by molar-refractivity contribution is 5.40. The van der Waals surface area contributed by atoms with Crippen molar-refractivity contribution in [2.45, 2.75) is 25.2 Å². The average Bonchev–Trinajstić information content (AvgIpc) is 2.65. The van der Waals surface area contributed by atoms with Gasteiger partial charge in [-0.1, -0.05) is 30.3 Å². The molecule has 1 heterocycles. The van der Waals surface area contributed by atoms with Crippen LogP contribution in [0.3, 0.4) is 0 Å². The van der Waals surface area contributed by atoms with Gasteiger partial charge in [-0.15, -0.1) is 0 Å². The summed E-state index contributed by atoms with van der Waals surface area (Å²) in [6.45, 7) is 3.18. The number of hydrogen-bond acceptors (Lipinski definition) is 5. The van der Waals surface area contributed by atoms with Crippen LogP contribution in [0.2, 0.25) is 0 Å². The second-order valence-corrected chi connectivity index (χ2v) is 5.89. The molecule has 1 aliphatic rings. The first-order chi connectivity index (χ1) is 11.7. The van der Waals surface area contributed by atoms with E-state index in [2.05, 4.69) is 5.32 Å². The molecule has 2 aromatic carbocycles. The first kappa shape index (κ1) is 16.6. The molecule has 0 amide bonds. The van der Waals surface area contributed by atoms with Crippen molar-refractivity contribution < 1.29 is 19.3 Å².